The number of carbonyl (C=O) groups is 2. The van der Waals surface area contributed by atoms with Gasteiger partial charge in [0.05, 0.1) is 104 Å². The van der Waals surface area contributed by atoms with Crippen molar-refractivity contribution in [2.24, 2.45) is 0 Å². The number of nitrogens with one attached hydrogen (secondary N) is 2. The van der Waals surface area contributed by atoms with Crippen LogP contribution in [-0.4, -0.2) is 143 Å². The number of sulfone groups is 3. The molecule has 14 rings (SSSR count). The molecule has 4 aliphatic heterocycles. The summed E-state index contributed by atoms with van der Waals surface area (Å²) in [4.78, 5) is 41.6. The molecule has 0 radical (unpaired) electrons. The standard InChI is InChI=1S/C47H43F8N4O10S2.C27H23F5N4O6S/c1-4-70(61,62)33-16-12-28(13-17-33)36(27-65-3)58(24-32-15-18-34(23-56-32)71(63,64)5-2)42(60)29-14-19-37-35(22-29)57-44(45(49,50)51,43(48)20-21-43)59(37,25-30-8-6-10-38-40(30)68-46(52,53)66-38)26-31-9-7-11-39-41(31)69-47(54,55)67-39;1-3-43(38,39)17-8-9-18(33-12-17)20(14-40-2)34-24(37)15-7-10-21-19(11-15)35-25(26(28,29)30)36(21)13-16-5-4-6-22-23(16)42-27(31,32)41-22/h6-19,22-23,36,57H,4-5,20-21,24-27H2,1-3H3;4-12,20H,3,13-14H2,1-2H3,(H,34,37)/q+1;/t36-,44+;/m0./s1. The average Bonchev–Trinajstić information content (AvgIpc) is 1.49. The van der Waals surface area contributed by atoms with Crippen molar-refractivity contribution in [1.29, 1.82) is 0 Å². The van der Waals surface area contributed by atoms with Gasteiger partial charge in [0.2, 0.25) is 5.82 Å². The van der Waals surface area contributed by atoms with Crippen LogP contribution in [0.25, 0.3) is 11.0 Å². The van der Waals surface area contributed by atoms with Crippen LogP contribution in [0.4, 0.5) is 68.5 Å². The van der Waals surface area contributed by atoms with Gasteiger partial charge in [0.15, 0.2) is 75.4 Å². The number of aromatic nitrogens is 4. The summed E-state index contributed by atoms with van der Waals surface area (Å²) in [5.74, 6) is -6.55. The number of carbonyl (C=O) groups excluding carboxylic acids is 2. The lowest BCUT2D eigenvalue weighted by molar-refractivity contribution is -0.288. The summed E-state index contributed by atoms with van der Waals surface area (Å²) in [5, 5.41) is 5.10. The van der Waals surface area contributed by atoms with Crippen LogP contribution in [0, 0.1) is 0 Å². The molecule has 2 amide bonds. The number of benzene rings is 6. The van der Waals surface area contributed by atoms with Crippen molar-refractivity contribution in [3.63, 3.8) is 0 Å². The van der Waals surface area contributed by atoms with Gasteiger partial charge < -0.3 is 58.0 Å². The number of ether oxygens (including phenoxy) is 8. The molecule has 24 nitrogen and oxygen atoms in total. The van der Waals surface area contributed by atoms with Crippen LogP contribution in [0.1, 0.15) is 106 Å². The average molecular weight is 1670 g/mol. The van der Waals surface area contributed by atoms with Crippen molar-refractivity contribution in [2.75, 3.05) is 50.0 Å². The molecular formula is C74H66F13N8O16S3+. The number of quaternary nitrogens is 1. The third-order valence-corrected chi connectivity index (χ3v) is 24.9. The Balaban J connectivity index is 0.000000225. The normalized spacial score (nSPS) is 18.3. The summed E-state index contributed by atoms with van der Waals surface area (Å²) in [7, 11) is -8.17. The fourth-order valence-corrected chi connectivity index (χ4v) is 16.7. The fraction of sp³-hybridized carbons (Fsp3) is 0.338. The monoisotopic (exact) mass is 1670 g/mol. The van der Waals surface area contributed by atoms with Gasteiger partial charge in [0, 0.05) is 49.4 Å². The lowest BCUT2D eigenvalue weighted by Crippen LogP contribution is -2.77. The molecule has 1 fully saturated rings. The fourth-order valence-electron chi connectivity index (χ4n) is 14.1. The quantitative estimate of drug-likeness (QED) is 0.0397. The number of rotatable bonds is 25. The number of para-hydroxylation sites is 3. The van der Waals surface area contributed by atoms with E-state index >= 15 is 22.4 Å². The number of hydrogen-bond donors (Lipinski definition) is 2. The van der Waals surface area contributed by atoms with Gasteiger partial charge in [-0.15, -0.1) is 26.3 Å². The molecule has 9 aromatic rings. The molecule has 5 aliphatic rings. The Morgan fingerprint density at radius 1 is 0.596 bits per heavy atom. The lowest BCUT2D eigenvalue weighted by atomic mass is 9.92. The van der Waals surface area contributed by atoms with Gasteiger partial charge in [-0.05, 0) is 115 Å². The number of nitrogens with zero attached hydrogens (tertiary/aromatic N) is 6. The molecular weight excluding hydrogens is 1600 g/mol. The molecule has 0 saturated heterocycles. The molecule has 1 saturated carbocycles. The topological polar surface area (TPSA) is 281 Å². The minimum absolute atomic E-state index is 0.00560. The van der Waals surface area contributed by atoms with Crippen molar-refractivity contribution in [3.05, 3.63) is 203 Å². The second kappa shape index (κ2) is 29.7. The van der Waals surface area contributed by atoms with E-state index in [9.17, 15) is 69.6 Å². The van der Waals surface area contributed by atoms with E-state index < -0.39 is 173 Å². The highest BCUT2D eigenvalue weighted by molar-refractivity contribution is 7.92. The third-order valence-electron chi connectivity index (χ3n) is 19.7. The highest BCUT2D eigenvalue weighted by atomic mass is 32.2. The van der Waals surface area contributed by atoms with Crippen LogP contribution < -0.4 is 43.5 Å². The Bertz CT molecular complexity index is 5510. The van der Waals surface area contributed by atoms with E-state index in [1.54, 1.807) is 0 Å². The molecule has 114 heavy (non-hydrogen) atoms. The SMILES string of the molecule is CCS(=O)(=O)c1ccc(C(COC)NC(=O)c2ccc3c(c2)nc(C(F)(F)F)n3Cc2cccc3c2OC(F)(F)O3)nc1.CCS(=O)(=O)c1ccc([C@H](COC)N(Cc2ccc(S(=O)(=O)CC)cn2)C(=O)c2ccc3c(c2)N[C@](C(F)(F)F)(C2(F)CC2)[N+]3(Cc2cccc3c2OC(F)(F)O3)Cc2cccc3c2OC(F)(F)O3)cc1. The Morgan fingerprint density at radius 2 is 1.10 bits per heavy atom. The number of fused-ring (bicyclic) bond motifs is 5. The molecule has 40 heteroatoms. The molecule has 6 aromatic carbocycles. The summed E-state index contributed by atoms with van der Waals surface area (Å²) < 4.78 is 308. The second-order valence-electron chi connectivity index (χ2n) is 26.8. The summed E-state index contributed by atoms with van der Waals surface area (Å²) in [6.45, 7) is 1.21. The zero-order valence-electron chi connectivity index (χ0n) is 60.2. The van der Waals surface area contributed by atoms with Gasteiger partial charge in [-0.2, -0.15) is 26.3 Å². The van der Waals surface area contributed by atoms with Crippen molar-refractivity contribution in [1.82, 2.24) is 34.2 Å². The van der Waals surface area contributed by atoms with E-state index in [4.69, 9.17) is 18.9 Å². The molecule has 0 spiro atoms. The molecule has 606 valence electrons. The van der Waals surface area contributed by atoms with Crippen molar-refractivity contribution in [2.45, 2.75) is 129 Å². The van der Waals surface area contributed by atoms with Gasteiger partial charge >= 0.3 is 36.9 Å². The van der Waals surface area contributed by atoms with Gasteiger partial charge in [-0.1, -0.05) is 57.2 Å². The van der Waals surface area contributed by atoms with E-state index in [2.05, 4.69) is 44.5 Å². The Kier molecular flexibility index (Phi) is 21.2. The number of imidazole rings is 1. The summed E-state index contributed by atoms with van der Waals surface area (Å²) in [6.07, 6.45) is -22.0. The number of amides is 2. The zero-order chi connectivity index (χ0) is 82.3. The Morgan fingerprint density at radius 3 is 1.58 bits per heavy atom. The summed E-state index contributed by atoms with van der Waals surface area (Å²) >= 11 is 0. The van der Waals surface area contributed by atoms with E-state index in [0.29, 0.717) is 11.3 Å². The van der Waals surface area contributed by atoms with E-state index in [-0.39, 0.29) is 108 Å². The van der Waals surface area contributed by atoms with Crippen LogP contribution in [0.5, 0.6) is 34.5 Å². The molecule has 3 atom stereocenters. The maximum Gasteiger partial charge on any atom is 0.586 e. The van der Waals surface area contributed by atoms with Crippen LogP contribution in [0.15, 0.2) is 167 Å². The van der Waals surface area contributed by atoms with E-state index in [0.717, 1.165) is 47.2 Å². The van der Waals surface area contributed by atoms with Crippen LogP contribution in [-0.2, 0) is 71.3 Å². The predicted octanol–water partition coefficient (Wildman–Crippen LogP) is 14.0. The largest absolute Gasteiger partial charge is 0.586 e. The van der Waals surface area contributed by atoms with Crippen LogP contribution in [0.2, 0.25) is 0 Å². The maximum atomic E-state index is 17.6. The molecule has 2 N–H and O–H groups in total. The molecule has 1 unspecified atom stereocenters. The highest BCUT2D eigenvalue weighted by Crippen LogP contribution is 2.67. The molecule has 3 aromatic heterocycles. The predicted molar refractivity (Wildman–Crippen MR) is 378 cm³/mol. The molecule has 7 heterocycles. The number of pyridine rings is 2. The minimum Gasteiger partial charge on any atom is -0.395 e. The van der Waals surface area contributed by atoms with Gasteiger partial charge in [0.25, 0.3) is 11.8 Å². The smallest absolute Gasteiger partial charge is 0.395 e. The van der Waals surface area contributed by atoms with Crippen LogP contribution >= 0.6 is 0 Å². The Labute approximate surface area is 641 Å². The molecule has 0 bridgehead atoms. The first-order chi connectivity index (χ1) is 53.5. The molecule has 1 aliphatic carbocycles. The number of anilines is 1. The summed E-state index contributed by atoms with van der Waals surface area (Å²) in [6, 6.07) is 27.0. The minimum atomic E-state index is -5.59. The van der Waals surface area contributed by atoms with Crippen molar-refractivity contribution < 1.29 is 130 Å². The second-order valence-corrected chi connectivity index (χ2v) is 33.7. The first-order valence-electron chi connectivity index (χ1n) is 34.6. The number of halogens is 13. The van der Waals surface area contributed by atoms with E-state index in [1.807, 2.05) is 0 Å². The first kappa shape index (κ1) is 81.5. The van der Waals surface area contributed by atoms with Gasteiger partial charge in [0.1, 0.15) is 18.8 Å². The zero-order valence-corrected chi connectivity index (χ0v) is 62.7. The number of alkyl halides is 13. The lowest BCUT2D eigenvalue weighted by Gasteiger charge is -2.50. The Hall–Kier alpha value is -10.6. The number of methoxy groups -OCH3 is 2. The highest BCUT2D eigenvalue weighted by Gasteiger charge is 2.86. The third kappa shape index (κ3) is 15.4. The maximum absolute atomic E-state index is 17.6. The van der Waals surface area contributed by atoms with Crippen molar-refractivity contribution in [3.8, 4) is 34.5 Å². The van der Waals surface area contributed by atoms with Crippen LogP contribution in [0.3, 0.4) is 0 Å². The first-order valence-corrected chi connectivity index (χ1v) is 39.5. The number of hydrogen-bond acceptors (Lipinski definition) is 20. The van der Waals surface area contributed by atoms with Gasteiger partial charge in [-0.25, -0.2) is 39.1 Å². The van der Waals surface area contributed by atoms with Gasteiger partial charge in [-0.3, -0.25) is 19.6 Å². The summed E-state index contributed by atoms with van der Waals surface area (Å²) in [5.41, 5.74) is -8.06. The van der Waals surface area contributed by atoms with Crippen molar-refractivity contribution >= 4 is 63.7 Å². The van der Waals surface area contributed by atoms with E-state index in [1.165, 1.54) is 149 Å².